The quantitative estimate of drug-likeness (QED) is 0.795. The molecule has 3 N–H and O–H groups in total. The van der Waals surface area contributed by atoms with E-state index in [2.05, 4.69) is 26.6 Å². The van der Waals surface area contributed by atoms with Crippen LogP contribution in [0.2, 0.25) is 0 Å². The van der Waals surface area contributed by atoms with Gasteiger partial charge in [-0.05, 0) is 24.6 Å². The minimum absolute atomic E-state index is 0.131. The van der Waals surface area contributed by atoms with Crippen molar-refractivity contribution in [3.8, 4) is 0 Å². The van der Waals surface area contributed by atoms with Crippen molar-refractivity contribution in [1.82, 2.24) is 5.32 Å². The Morgan fingerprint density at radius 1 is 1.59 bits per heavy atom. The fourth-order valence-electron chi connectivity index (χ4n) is 2.00. The van der Waals surface area contributed by atoms with Gasteiger partial charge in [0.2, 0.25) is 0 Å². The predicted octanol–water partition coefficient (Wildman–Crippen LogP) is 1.99. The van der Waals surface area contributed by atoms with Crippen molar-refractivity contribution in [2.24, 2.45) is 0 Å². The van der Waals surface area contributed by atoms with Gasteiger partial charge in [0.1, 0.15) is 0 Å². The van der Waals surface area contributed by atoms with Crippen LogP contribution in [0.1, 0.15) is 12.0 Å². The van der Waals surface area contributed by atoms with Gasteiger partial charge in [-0.2, -0.15) is 0 Å². The molecular formula is C12H15BrN2O2. The molecule has 1 aliphatic rings. The predicted molar refractivity (Wildman–Crippen MR) is 70.4 cm³/mol. The first-order chi connectivity index (χ1) is 8.02. The molecule has 0 bridgehead atoms. The SMILES string of the molecule is Cc1c(Br)cccc1NC1(CC(=O)O)CNC1. The number of hydrogen-bond donors (Lipinski definition) is 3. The lowest BCUT2D eigenvalue weighted by molar-refractivity contribution is -0.138. The Kier molecular flexibility index (Phi) is 3.40. The Bertz CT molecular complexity index is 444. The van der Waals surface area contributed by atoms with Crippen LogP contribution < -0.4 is 10.6 Å². The average Bonchev–Trinajstić information content (AvgIpc) is 2.21. The minimum Gasteiger partial charge on any atom is -0.481 e. The van der Waals surface area contributed by atoms with Gasteiger partial charge in [0.05, 0.1) is 12.0 Å². The number of hydrogen-bond acceptors (Lipinski definition) is 3. The van der Waals surface area contributed by atoms with Gasteiger partial charge in [-0.25, -0.2) is 0 Å². The van der Waals surface area contributed by atoms with E-state index in [9.17, 15) is 4.79 Å². The summed E-state index contributed by atoms with van der Waals surface area (Å²) in [5.74, 6) is -0.772. The fourth-order valence-corrected chi connectivity index (χ4v) is 2.37. The highest BCUT2D eigenvalue weighted by Gasteiger charge is 2.39. The molecule has 1 aromatic rings. The van der Waals surface area contributed by atoms with E-state index in [1.165, 1.54) is 0 Å². The third-order valence-corrected chi connectivity index (χ3v) is 3.94. The van der Waals surface area contributed by atoms with Crippen LogP contribution in [0.4, 0.5) is 5.69 Å². The summed E-state index contributed by atoms with van der Waals surface area (Å²) in [5.41, 5.74) is 1.74. The van der Waals surface area contributed by atoms with Crippen molar-refractivity contribution in [2.45, 2.75) is 18.9 Å². The Morgan fingerprint density at radius 2 is 2.29 bits per heavy atom. The number of anilines is 1. The molecule has 0 aliphatic carbocycles. The van der Waals surface area contributed by atoms with E-state index in [0.717, 1.165) is 15.7 Å². The van der Waals surface area contributed by atoms with Crippen molar-refractivity contribution in [3.63, 3.8) is 0 Å². The highest BCUT2D eigenvalue weighted by Crippen LogP contribution is 2.29. The molecule has 5 heteroatoms. The molecule has 1 fully saturated rings. The van der Waals surface area contributed by atoms with Crippen LogP contribution in [0.25, 0.3) is 0 Å². The number of nitrogens with one attached hydrogen (secondary N) is 2. The lowest BCUT2D eigenvalue weighted by Gasteiger charge is -2.43. The molecule has 0 unspecified atom stereocenters. The highest BCUT2D eigenvalue weighted by molar-refractivity contribution is 9.10. The number of aliphatic carboxylic acids is 1. The minimum atomic E-state index is -0.772. The van der Waals surface area contributed by atoms with Crippen LogP contribution in [-0.4, -0.2) is 29.7 Å². The summed E-state index contributed by atoms with van der Waals surface area (Å²) in [5, 5.41) is 15.4. The smallest absolute Gasteiger partial charge is 0.305 e. The molecule has 4 nitrogen and oxygen atoms in total. The molecule has 17 heavy (non-hydrogen) atoms. The number of rotatable bonds is 4. The molecule has 2 rings (SSSR count). The van der Waals surface area contributed by atoms with E-state index in [0.29, 0.717) is 13.1 Å². The van der Waals surface area contributed by atoms with Gasteiger partial charge in [-0.3, -0.25) is 4.79 Å². The maximum Gasteiger partial charge on any atom is 0.305 e. The van der Waals surface area contributed by atoms with Gasteiger partial charge in [0.25, 0.3) is 0 Å². The Morgan fingerprint density at radius 3 is 2.82 bits per heavy atom. The van der Waals surface area contributed by atoms with E-state index in [1.807, 2.05) is 25.1 Å². The second kappa shape index (κ2) is 4.66. The van der Waals surface area contributed by atoms with Gasteiger partial charge in [0.15, 0.2) is 0 Å². The number of carboxylic acid groups (broad SMARTS) is 1. The van der Waals surface area contributed by atoms with Gasteiger partial charge >= 0.3 is 5.97 Å². The first-order valence-electron chi connectivity index (χ1n) is 5.48. The van der Waals surface area contributed by atoms with Crippen molar-refractivity contribution in [2.75, 3.05) is 18.4 Å². The molecule has 1 aliphatic heterocycles. The van der Waals surface area contributed by atoms with E-state index < -0.39 is 5.97 Å². The van der Waals surface area contributed by atoms with Crippen LogP contribution in [0, 0.1) is 6.92 Å². The van der Waals surface area contributed by atoms with Crippen molar-refractivity contribution >= 4 is 27.6 Å². The molecule has 1 aromatic carbocycles. The third-order valence-electron chi connectivity index (χ3n) is 3.08. The van der Waals surface area contributed by atoms with Gasteiger partial charge < -0.3 is 15.7 Å². The summed E-state index contributed by atoms with van der Waals surface area (Å²) in [6, 6.07) is 5.89. The fraction of sp³-hybridized carbons (Fsp3) is 0.417. The molecule has 0 atom stereocenters. The zero-order valence-electron chi connectivity index (χ0n) is 9.59. The number of halogens is 1. The molecule has 0 aromatic heterocycles. The zero-order chi connectivity index (χ0) is 12.5. The number of carboxylic acids is 1. The first-order valence-corrected chi connectivity index (χ1v) is 6.28. The largest absolute Gasteiger partial charge is 0.481 e. The third kappa shape index (κ3) is 2.61. The number of carbonyl (C=O) groups is 1. The summed E-state index contributed by atoms with van der Waals surface area (Å²) >= 11 is 3.47. The normalized spacial score (nSPS) is 17.3. The summed E-state index contributed by atoms with van der Waals surface area (Å²) in [4.78, 5) is 10.9. The standard InChI is InChI=1S/C12H15BrN2O2/c1-8-9(13)3-2-4-10(8)15-12(5-11(16)17)6-14-7-12/h2-4,14-15H,5-7H2,1H3,(H,16,17). The molecule has 1 heterocycles. The number of benzene rings is 1. The van der Waals surface area contributed by atoms with Crippen molar-refractivity contribution in [3.05, 3.63) is 28.2 Å². The van der Waals surface area contributed by atoms with Crippen molar-refractivity contribution < 1.29 is 9.90 Å². The molecule has 92 valence electrons. The monoisotopic (exact) mass is 298 g/mol. The second-order valence-corrected chi connectivity index (χ2v) is 5.35. The lowest BCUT2D eigenvalue weighted by atomic mass is 9.88. The van der Waals surface area contributed by atoms with Gasteiger partial charge in [-0.15, -0.1) is 0 Å². The Balaban J connectivity index is 2.18. The topological polar surface area (TPSA) is 61.4 Å². The van der Waals surface area contributed by atoms with Crippen LogP contribution in [0.15, 0.2) is 22.7 Å². The van der Waals surface area contributed by atoms with E-state index in [-0.39, 0.29) is 12.0 Å². The first kappa shape index (κ1) is 12.4. The molecule has 0 spiro atoms. The van der Waals surface area contributed by atoms with E-state index in [1.54, 1.807) is 0 Å². The second-order valence-electron chi connectivity index (χ2n) is 4.49. The highest BCUT2D eigenvalue weighted by atomic mass is 79.9. The summed E-state index contributed by atoms with van der Waals surface area (Å²) in [6.07, 6.45) is 0.131. The summed E-state index contributed by atoms with van der Waals surface area (Å²) in [6.45, 7) is 3.38. The zero-order valence-corrected chi connectivity index (χ0v) is 11.2. The molecule has 1 saturated heterocycles. The maximum absolute atomic E-state index is 10.9. The summed E-state index contributed by atoms with van der Waals surface area (Å²) in [7, 11) is 0. The van der Waals surface area contributed by atoms with Gasteiger partial charge in [0, 0.05) is 23.2 Å². The van der Waals surface area contributed by atoms with Gasteiger partial charge in [-0.1, -0.05) is 22.0 Å². The van der Waals surface area contributed by atoms with Crippen LogP contribution in [-0.2, 0) is 4.79 Å². The molecule has 0 amide bonds. The average molecular weight is 299 g/mol. The Hall–Kier alpha value is -1.07. The van der Waals surface area contributed by atoms with Crippen LogP contribution in [0.5, 0.6) is 0 Å². The van der Waals surface area contributed by atoms with E-state index in [4.69, 9.17) is 5.11 Å². The van der Waals surface area contributed by atoms with Crippen LogP contribution >= 0.6 is 15.9 Å². The maximum atomic E-state index is 10.9. The summed E-state index contributed by atoms with van der Waals surface area (Å²) < 4.78 is 1.03. The van der Waals surface area contributed by atoms with E-state index >= 15 is 0 Å². The van der Waals surface area contributed by atoms with Crippen LogP contribution in [0.3, 0.4) is 0 Å². The molecule has 0 saturated carbocycles. The molecule has 0 radical (unpaired) electrons. The Labute approximate surface area is 109 Å². The lowest BCUT2D eigenvalue weighted by Crippen LogP contribution is -2.65. The molecular weight excluding hydrogens is 284 g/mol. The van der Waals surface area contributed by atoms with Crippen molar-refractivity contribution in [1.29, 1.82) is 0 Å².